The standard InChI is InChI=1S/C19H17NO/c21-15-18-11-12-19(17-9-5-2-6-10-17)20(18)14-13-16-7-3-1-4-8-16/h1-11,13-15,19H,12H2. The number of rotatable bonds is 4. The summed E-state index contributed by atoms with van der Waals surface area (Å²) in [5.74, 6) is 0. The van der Waals surface area contributed by atoms with Crippen LogP contribution in [0.2, 0.25) is 0 Å². The second-order valence-electron chi connectivity index (χ2n) is 5.04. The van der Waals surface area contributed by atoms with Crippen LogP contribution in [0.3, 0.4) is 0 Å². The minimum atomic E-state index is 0.200. The number of benzene rings is 2. The van der Waals surface area contributed by atoms with Gasteiger partial charge < -0.3 is 4.90 Å². The summed E-state index contributed by atoms with van der Waals surface area (Å²) < 4.78 is 0. The van der Waals surface area contributed by atoms with E-state index in [0.29, 0.717) is 0 Å². The van der Waals surface area contributed by atoms with Gasteiger partial charge in [-0.2, -0.15) is 0 Å². The maximum Gasteiger partial charge on any atom is 0.166 e. The second kappa shape index (κ2) is 6.23. The number of aldehydes is 1. The Balaban J connectivity index is 1.86. The van der Waals surface area contributed by atoms with Gasteiger partial charge in [0.25, 0.3) is 0 Å². The Morgan fingerprint density at radius 2 is 1.62 bits per heavy atom. The van der Waals surface area contributed by atoms with Crippen LogP contribution in [0.25, 0.3) is 6.08 Å². The van der Waals surface area contributed by atoms with E-state index in [-0.39, 0.29) is 6.04 Å². The monoisotopic (exact) mass is 275 g/mol. The van der Waals surface area contributed by atoms with Gasteiger partial charge in [-0.3, -0.25) is 4.79 Å². The van der Waals surface area contributed by atoms with Gasteiger partial charge in [0.15, 0.2) is 6.29 Å². The van der Waals surface area contributed by atoms with Crippen molar-refractivity contribution in [3.8, 4) is 0 Å². The highest BCUT2D eigenvalue weighted by Crippen LogP contribution is 2.34. The molecule has 2 heteroatoms. The number of hydrogen-bond donors (Lipinski definition) is 0. The lowest BCUT2D eigenvalue weighted by atomic mass is 10.1. The summed E-state index contributed by atoms with van der Waals surface area (Å²) in [5, 5.41) is 0. The van der Waals surface area contributed by atoms with Crippen LogP contribution in [0, 0.1) is 0 Å². The highest BCUT2D eigenvalue weighted by Gasteiger charge is 2.25. The van der Waals surface area contributed by atoms with Gasteiger partial charge in [0.05, 0.1) is 11.7 Å². The lowest BCUT2D eigenvalue weighted by molar-refractivity contribution is -0.106. The van der Waals surface area contributed by atoms with Crippen molar-refractivity contribution in [3.05, 3.63) is 89.8 Å². The molecule has 0 aliphatic carbocycles. The van der Waals surface area contributed by atoms with E-state index in [1.807, 2.05) is 66.9 Å². The van der Waals surface area contributed by atoms with Crippen molar-refractivity contribution in [1.82, 2.24) is 4.90 Å². The summed E-state index contributed by atoms with van der Waals surface area (Å²) >= 11 is 0. The van der Waals surface area contributed by atoms with Crippen LogP contribution in [0.1, 0.15) is 23.6 Å². The van der Waals surface area contributed by atoms with Gasteiger partial charge in [0.2, 0.25) is 0 Å². The fraction of sp³-hybridized carbons (Fsp3) is 0.105. The maximum atomic E-state index is 11.3. The zero-order valence-corrected chi connectivity index (χ0v) is 11.7. The third-order valence-corrected chi connectivity index (χ3v) is 3.72. The van der Waals surface area contributed by atoms with E-state index in [9.17, 15) is 4.79 Å². The smallest absolute Gasteiger partial charge is 0.166 e. The molecule has 2 nitrogen and oxygen atoms in total. The number of nitrogens with zero attached hydrogens (tertiary/aromatic N) is 1. The fourth-order valence-corrected chi connectivity index (χ4v) is 2.63. The molecule has 0 saturated heterocycles. The van der Waals surface area contributed by atoms with Gasteiger partial charge >= 0.3 is 0 Å². The topological polar surface area (TPSA) is 20.3 Å². The van der Waals surface area contributed by atoms with E-state index in [1.54, 1.807) is 0 Å². The molecule has 1 aliphatic heterocycles. The molecule has 0 amide bonds. The highest BCUT2D eigenvalue weighted by molar-refractivity contribution is 5.74. The van der Waals surface area contributed by atoms with E-state index in [0.717, 1.165) is 24.0 Å². The molecule has 1 heterocycles. The van der Waals surface area contributed by atoms with Gasteiger partial charge in [-0.05, 0) is 23.6 Å². The minimum absolute atomic E-state index is 0.200. The van der Waals surface area contributed by atoms with Crippen LogP contribution in [-0.4, -0.2) is 11.2 Å². The van der Waals surface area contributed by atoms with E-state index < -0.39 is 0 Å². The van der Waals surface area contributed by atoms with Gasteiger partial charge in [0, 0.05) is 6.20 Å². The highest BCUT2D eigenvalue weighted by atomic mass is 16.1. The van der Waals surface area contributed by atoms with Crippen LogP contribution < -0.4 is 0 Å². The Bertz CT molecular complexity index is 658. The molecule has 2 aromatic carbocycles. The molecule has 0 bridgehead atoms. The SMILES string of the molecule is O=CC1=CCC(c2ccccc2)N1C=Cc1ccccc1. The molecular formula is C19H17NO. The summed E-state index contributed by atoms with van der Waals surface area (Å²) in [6, 6.07) is 20.6. The maximum absolute atomic E-state index is 11.3. The second-order valence-corrected chi connectivity index (χ2v) is 5.04. The van der Waals surface area contributed by atoms with Crippen molar-refractivity contribution in [3.63, 3.8) is 0 Å². The first-order valence-corrected chi connectivity index (χ1v) is 7.10. The first-order valence-electron chi connectivity index (χ1n) is 7.10. The molecule has 1 atom stereocenters. The quantitative estimate of drug-likeness (QED) is 0.780. The average Bonchev–Trinajstić information content (AvgIpc) is 2.97. The Morgan fingerprint density at radius 3 is 2.29 bits per heavy atom. The molecule has 0 N–H and O–H groups in total. The van der Waals surface area contributed by atoms with E-state index >= 15 is 0 Å². The van der Waals surface area contributed by atoms with E-state index in [1.165, 1.54) is 5.56 Å². The Kier molecular flexibility index (Phi) is 3.97. The summed E-state index contributed by atoms with van der Waals surface area (Å²) in [4.78, 5) is 13.3. The summed E-state index contributed by atoms with van der Waals surface area (Å²) in [7, 11) is 0. The molecule has 21 heavy (non-hydrogen) atoms. The van der Waals surface area contributed by atoms with Crippen molar-refractivity contribution in [2.24, 2.45) is 0 Å². The first-order chi connectivity index (χ1) is 10.4. The Morgan fingerprint density at radius 1 is 0.952 bits per heavy atom. The molecule has 2 aromatic rings. The van der Waals surface area contributed by atoms with Crippen LogP contribution in [0.4, 0.5) is 0 Å². The predicted octanol–water partition coefficient (Wildman–Crippen LogP) is 4.19. The van der Waals surface area contributed by atoms with E-state index in [4.69, 9.17) is 0 Å². The zero-order chi connectivity index (χ0) is 14.5. The molecule has 0 aromatic heterocycles. The van der Waals surface area contributed by atoms with Crippen molar-refractivity contribution in [1.29, 1.82) is 0 Å². The lowest BCUT2D eigenvalue weighted by Crippen LogP contribution is -2.18. The third kappa shape index (κ3) is 2.95. The lowest BCUT2D eigenvalue weighted by Gasteiger charge is -2.24. The van der Waals surface area contributed by atoms with Crippen LogP contribution in [-0.2, 0) is 4.79 Å². The molecule has 3 rings (SSSR count). The van der Waals surface area contributed by atoms with Gasteiger partial charge in [-0.1, -0.05) is 66.7 Å². The molecule has 0 saturated carbocycles. The molecule has 104 valence electrons. The Labute approximate surface area is 125 Å². The molecule has 0 fully saturated rings. The zero-order valence-electron chi connectivity index (χ0n) is 11.7. The predicted molar refractivity (Wildman–Crippen MR) is 85.3 cm³/mol. The largest absolute Gasteiger partial charge is 0.338 e. The Hall–Kier alpha value is -2.61. The molecule has 0 radical (unpaired) electrons. The van der Waals surface area contributed by atoms with Gasteiger partial charge in [-0.15, -0.1) is 0 Å². The van der Waals surface area contributed by atoms with E-state index in [2.05, 4.69) is 17.0 Å². The number of carbonyl (C=O) groups excluding carboxylic acids is 1. The van der Waals surface area contributed by atoms with Crippen LogP contribution in [0.15, 0.2) is 78.6 Å². The molecule has 0 spiro atoms. The van der Waals surface area contributed by atoms with Crippen molar-refractivity contribution >= 4 is 12.4 Å². The van der Waals surface area contributed by atoms with Gasteiger partial charge in [-0.25, -0.2) is 0 Å². The minimum Gasteiger partial charge on any atom is -0.338 e. The molecule has 1 unspecified atom stereocenters. The number of allylic oxidation sites excluding steroid dienone is 1. The van der Waals surface area contributed by atoms with Gasteiger partial charge in [0.1, 0.15) is 0 Å². The molecular weight excluding hydrogens is 258 g/mol. The van der Waals surface area contributed by atoms with Crippen LogP contribution >= 0.6 is 0 Å². The van der Waals surface area contributed by atoms with Crippen molar-refractivity contribution in [2.75, 3.05) is 0 Å². The normalized spacial score (nSPS) is 18.0. The summed E-state index contributed by atoms with van der Waals surface area (Å²) in [6.07, 6.45) is 7.83. The van der Waals surface area contributed by atoms with Crippen molar-refractivity contribution in [2.45, 2.75) is 12.5 Å². The number of hydrogen-bond acceptors (Lipinski definition) is 2. The number of carbonyl (C=O) groups is 1. The fourth-order valence-electron chi connectivity index (χ4n) is 2.63. The van der Waals surface area contributed by atoms with Crippen molar-refractivity contribution < 1.29 is 4.79 Å². The molecule has 1 aliphatic rings. The third-order valence-electron chi connectivity index (χ3n) is 3.72. The summed E-state index contributed by atoms with van der Waals surface area (Å²) in [5.41, 5.74) is 3.08. The first kappa shape index (κ1) is 13.4. The summed E-state index contributed by atoms with van der Waals surface area (Å²) in [6.45, 7) is 0. The average molecular weight is 275 g/mol. The van der Waals surface area contributed by atoms with Crippen LogP contribution in [0.5, 0.6) is 0 Å².